The van der Waals surface area contributed by atoms with E-state index in [4.69, 9.17) is 0 Å². The first kappa shape index (κ1) is 20.7. The summed E-state index contributed by atoms with van der Waals surface area (Å²) in [7, 11) is 0. The highest BCUT2D eigenvalue weighted by atomic mass is 35.5. The number of ether oxygens (including phenoxy) is 1. The van der Waals surface area contributed by atoms with Crippen LogP contribution in [0.3, 0.4) is 0 Å². The van der Waals surface area contributed by atoms with Crippen LogP contribution in [0.5, 0.6) is 0 Å². The van der Waals surface area contributed by atoms with Crippen LogP contribution in [0.25, 0.3) is 0 Å². The maximum absolute atomic E-state index is 13.2. The van der Waals surface area contributed by atoms with E-state index in [0.717, 1.165) is 0 Å². The van der Waals surface area contributed by atoms with Crippen LogP contribution < -0.4 is 0 Å². The van der Waals surface area contributed by atoms with Crippen LogP contribution in [-0.4, -0.2) is 40.7 Å². The Hall–Kier alpha value is -0.300. The first-order valence-electron chi connectivity index (χ1n) is 5.01. The van der Waals surface area contributed by atoms with Gasteiger partial charge in [0.25, 0.3) is 0 Å². The van der Waals surface area contributed by atoms with Crippen LogP contribution in [-0.2, 0) is 4.74 Å². The summed E-state index contributed by atoms with van der Waals surface area (Å²) in [6, 6.07) is 0. The fourth-order valence-corrected chi connectivity index (χ4v) is 2.05. The van der Waals surface area contributed by atoms with Crippen LogP contribution in [0.1, 0.15) is 0 Å². The van der Waals surface area contributed by atoms with E-state index in [1.165, 1.54) is 0 Å². The van der Waals surface area contributed by atoms with Gasteiger partial charge in [-0.3, -0.25) is 4.74 Å². The normalized spacial score (nSPS) is 28.8. The van der Waals surface area contributed by atoms with Gasteiger partial charge in [-0.1, -0.05) is 23.2 Å². The molecule has 0 radical (unpaired) electrons. The molecule has 0 heterocycles. The van der Waals surface area contributed by atoms with E-state index in [-0.39, 0.29) is 0 Å². The second-order valence-corrected chi connectivity index (χ2v) is 5.36. The van der Waals surface area contributed by atoms with Crippen molar-refractivity contribution >= 4 is 23.2 Å². The molecule has 0 bridgehead atoms. The molecule has 0 unspecified atom stereocenters. The summed E-state index contributed by atoms with van der Waals surface area (Å²) in [6.07, 6.45) is -6.22. The molecule has 0 saturated heterocycles. The highest BCUT2D eigenvalue weighted by Gasteiger charge is 2.98. The van der Waals surface area contributed by atoms with Crippen LogP contribution in [0.4, 0.5) is 52.7 Å². The zero-order chi connectivity index (χ0) is 18.9. The largest absolute Gasteiger partial charge is 0.384 e. The van der Waals surface area contributed by atoms with Crippen LogP contribution in [0.2, 0.25) is 0 Å². The third-order valence-electron chi connectivity index (χ3n) is 2.93. The number of rotatable bonds is 3. The second-order valence-electron chi connectivity index (χ2n) is 4.34. The molecule has 1 nitrogen and oxygen atoms in total. The molecule has 1 rings (SSSR count). The van der Waals surface area contributed by atoms with Gasteiger partial charge < -0.3 is 0 Å². The average Bonchev–Trinajstić information content (AvgIpc) is 2.22. The molecule has 0 amide bonds. The van der Waals surface area contributed by atoms with Gasteiger partial charge in [0.2, 0.25) is 5.02 Å². The van der Waals surface area contributed by atoms with Crippen molar-refractivity contribution in [2.75, 3.05) is 0 Å². The Labute approximate surface area is 128 Å². The van der Waals surface area contributed by atoms with E-state index in [1.54, 1.807) is 0 Å². The smallest absolute Gasteiger partial charge is 0.286 e. The standard InChI is InChI=1S/C8H2Cl2F12O/c9-2(10)23-5(15,16)1-3(11,12)6(17,18)8(21,22)7(19,20)4(1,13)14/h1-2H. The molecule has 23 heavy (non-hydrogen) atoms. The van der Waals surface area contributed by atoms with Crippen molar-refractivity contribution in [3.05, 3.63) is 0 Å². The van der Waals surface area contributed by atoms with Crippen molar-refractivity contribution in [2.45, 2.75) is 40.7 Å². The Bertz CT molecular complexity index is 446. The molecule has 0 aromatic carbocycles. The topological polar surface area (TPSA) is 9.23 Å². The molecule has 0 aliphatic heterocycles. The van der Waals surface area contributed by atoms with Gasteiger partial charge in [0.15, 0.2) is 5.92 Å². The molecule has 138 valence electrons. The van der Waals surface area contributed by atoms with E-state index in [1.807, 2.05) is 0 Å². The molecule has 1 saturated carbocycles. The fraction of sp³-hybridized carbons (Fsp3) is 1.00. The van der Waals surface area contributed by atoms with E-state index >= 15 is 0 Å². The molecule has 0 aromatic rings. The van der Waals surface area contributed by atoms with Gasteiger partial charge in [0, 0.05) is 0 Å². The van der Waals surface area contributed by atoms with Gasteiger partial charge in [-0.15, -0.1) is 0 Å². The maximum Gasteiger partial charge on any atom is 0.384 e. The molecule has 15 heteroatoms. The summed E-state index contributed by atoms with van der Waals surface area (Å²) in [6.45, 7) is 0. The van der Waals surface area contributed by atoms with Gasteiger partial charge in [-0.05, 0) is 0 Å². The average molecular weight is 413 g/mol. The van der Waals surface area contributed by atoms with E-state index in [2.05, 4.69) is 27.9 Å². The van der Waals surface area contributed by atoms with Gasteiger partial charge in [0.1, 0.15) is 0 Å². The molecule has 1 aliphatic carbocycles. The van der Waals surface area contributed by atoms with E-state index in [0.29, 0.717) is 0 Å². The molecule has 0 aromatic heterocycles. The Morgan fingerprint density at radius 3 is 1.26 bits per heavy atom. The number of hydrogen-bond donors (Lipinski definition) is 0. The monoisotopic (exact) mass is 412 g/mol. The Kier molecular flexibility index (Phi) is 4.60. The lowest BCUT2D eigenvalue weighted by atomic mass is 9.74. The molecule has 1 fully saturated rings. The minimum Gasteiger partial charge on any atom is -0.286 e. The molecular weight excluding hydrogens is 411 g/mol. The van der Waals surface area contributed by atoms with Gasteiger partial charge >= 0.3 is 35.7 Å². The first-order valence-corrected chi connectivity index (χ1v) is 5.88. The lowest BCUT2D eigenvalue weighted by Crippen LogP contribution is -2.80. The number of hydrogen-bond acceptors (Lipinski definition) is 1. The summed E-state index contributed by atoms with van der Waals surface area (Å²) >= 11 is 9.03. The highest BCUT2D eigenvalue weighted by molar-refractivity contribution is 6.43. The first-order chi connectivity index (χ1) is 9.78. The van der Waals surface area contributed by atoms with Gasteiger partial charge in [-0.25, -0.2) is 0 Å². The van der Waals surface area contributed by atoms with Crippen molar-refractivity contribution in [2.24, 2.45) is 5.92 Å². The van der Waals surface area contributed by atoms with Crippen LogP contribution in [0.15, 0.2) is 0 Å². The fourth-order valence-electron chi connectivity index (χ4n) is 1.81. The SMILES string of the molecule is FC(F)(OC(Cl)Cl)C1C(F)(F)C(F)(F)C(F)(F)C(F)(F)C1(F)F. The number of halogens is 14. The molecular formula is C8H2Cl2F12O. The van der Waals surface area contributed by atoms with E-state index < -0.39 is 46.7 Å². The molecule has 0 atom stereocenters. The zero-order valence-electron chi connectivity index (χ0n) is 9.85. The van der Waals surface area contributed by atoms with Gasteiger partial charge in [-0.2, -0.15) is 52.7 Å². The molecule has 0 spiro atoms. The lowest BCUT2D eigenvalue weighted by Gasteiger charge is -2.50. The summed E-state index contributed by atoms with van der Waals surface area (Å²) in [5.74, 6) is -41.6. The summed E-state index contributed by atoms with van der Waals surface area (Å²) in [5, 5.41) is -2.90. The van der Waals surface area contributed by atoms with Crippen molar-refractivity contribution in [3.63, 3.8) is 0 Å². The molecule has 1 aliphatic rings. The van der Waals surface area contributed by atoms with Crippen molar-refractivity contribution in [1.82, 2.24) is 0 Å². The summed E-state index contributed by atoms with van der Waals surface area (Å²) in [5.41, 5.74) is 0. The second kappa shape index (κ2) is 5.10. The summed E-state index contributed by atoms with van der Waals surface area (Å²) in [4.78, 5) is 0. The zero-order valence-corrected chi connectivity index (χ0v) is 11.4. The number of alkyl halides is 14. The quantitative estimate of drug-likeness (QED) is 0.459. The van der Waals surface area contributed by atoms with Crippen molar-refractivity contribution in [1.29, 1.82) is 0 Å². The Morgan fingerprint density at radius 1 is 0.696 bits per heavy atom. The Balaban J connectivity index is 3.69. The minimum absolute atomic E-state index is 2.83. The predicted octanol–water partition coefficient (Wildman–Crippen LogP) is 5.16. The van der Waals surface area contributed by atoms with Gasteiger partial charge in [0.05, 0.1) is 0 Å². The van der Waals surface area contributed by atoms with Crippen molar-refractivity contribution < 1.29 is 57.4 Å². The molecule has 0 N–H and O–H groups in total. The highest BCUT2D eigenvalue weighted by Crippen LogP contribution is 2.69. The van der Waals surface area contributed by atoms with E-state index in [9.17, 15) is 52.7 Å². The summed E-state index contributed by atoms with van der Waals surface area (Å²) < 4.78 is 160. The maximum atomic E-state index is 13.2. The predicted molar refractivity (Wildman–Crippen MR) is 49.8 cm³/mol. The third-order valence-corrected chi connectivity index (χ3v) is 3.11. The third kappa shape index (κ3) is 2.44. The van der Waals surface area contributed by atoms with Crippen LogP contribution in [0, 0.1) is 5.92 Å². The Morgan fingerprint density at radius 2 is 1.00 bits per heavy atom. The minimum atomic E-state index is -7.35. The lowest BCUT2D eigenvalue weighted by molar-refractivity contribution is -0.497. The van der Waals surface area contributed by atoms with Crippen LogP contribution >= 0.6 is 23.2 Å². The van der Waals surface area contributed by atoms with Crippen molar-refractivity contribution in [3.8, 4) is 0 Å².